The number of carbonyl (C=O) groups is 1. The van der Waals surface area contributed by atoms with Crippen molar-refractivity contribution in [3.8, 4) is 18.0 Å². The van der Waals surface area contributed by atoms with E-state index >= 15 is 0 Å². The van der Waals surface area contributed by atoms with Crippen LogP contribution in [0.2, 0.25) is 5.02 Å². The largest absolute Gasteiger partial charge is 0.493 e. The number of carbonyl (C=O) groups excluding carboxylic acids is 1. The third kappa shape index (κ3) is 7.17. The fourth-order valence-corrected chi connectivity index (χ4v) is 4.19. The molecule has 2 N–H and O–H groups in total. The number of likely N-dealkylation sites (N-methyl/N-ethyl adjacent to an activating group) is 1. The average molecular weight is 659 g/mol. The third-order valence-electron chi connectivity index (χ3n) is 6.71. The number of amides is 1. The minimum atomic E-state index is -0.665. The number of nitrogens with one attached hydrogen (secondary N) is 1. The minimum absolute atomic E-state index is 0.0225. The number of azo groups is 1. The number of allylic oxidation sites excluding steroid dienone is 1. The normalized spacial score (nSPS) is 13.6. The van der Waals surface area contributed by atoms with E-state index in [1.165, 1.54) is 62.3 Å². The van der Waals surface area contributed by atoms with Crippen LogP contribution in [0.15, 0.2) is 86.0 Å². The zero-order chi connectivity index (χ0) is 35.2. The molecule has 1 aliphatic heterocycles. The zero-order valence-electron chi connectivity index (χ0n) is 25.0. The fourth-order valence-electron chi connectivity index (χ4n) is 4.02. The maximum absolute atomic E-state index is 12.3. The Bertz CT molecular complexity index is 2090. The summed E-state index contributed by atoms with van der Waals surface area (Å²) >= 11 is 5.75. The summed E-state index contributed by atoms with van der Waals surface area (Å²) in [5.74, 6) is -0.944. The number of hydrazone groups is 1. The van der Waals surface area contributed by atoms with E-state index in [4.69, 9.17) is 16.9 Å². The topological polar surface area (TPSA) is 246 Å². The number of anilines is 1. The number of nitro benzene ring substituents is 2. The highest BCUT2D eigenvalue weighted by atomic mass is 35.5. The van der Waals surface area contributed by atoms with Crippen molar-refractivity contribution in [2.75, 3.05) is 12.5 Å². The average Bonchev–Trinajstić information content (AvgIpc) is 3.04. The first-order valence-corrected chi connectivity index (χ1v) is 13.4. The molecule has 17 nitrogen and oxygen atoms in total. The molecule has 47 heavy (non-hydrogen) atoms. The number of pyridine rings is 1. The van der Waals surface area contributed by atoms with Crippen LogP contribution in [0, 0.1) is 49.8 Å². The van der Waals surface area contributed by atoms with Crippen molar-refractivity contribution in [1.82, 2.24) is 9.47 Å². The van der Waals surface area contributed by atoms with Gasteiger partial charge >= 0.3 is 0 Å². The lowest BCUT2D eigenvalue weighted by Crippen LogP contribution is -2.38. The van der Waals surface area contributed by atoms with Gasteiger partial charge in [0.15, 0.2) is 17.1 Å². The van der Waals surface area contributed by atoms with Crippen molar-refractivity contribution in [3.05, 3.63) is 113 Å². The molecule has 3 aromatic rings. The van der Waals surface area contributed by atoms with Crippen molar-refractivity contribution in [2.24, 2.45) is 22.4 Å². The molecule has 1 aromatic heterocycles. The van der Waals surface area contributed by atoms with Crippen LogP contribution in [0.1, 0.15) is 18.1 Å². The Morgan fingerprint density at radius 2 is 1.64 bits per heavy atom. The summed E-state index contributed by atoms with van der Waals surface area (Å²) in [5.41, 5.74) is 2.04. The van der Waals surface area contributed by atoms with Gasteiger partial charge in [0, 0.05) is 42.4 Å². The molecule has 0 saturated carbocycles. The number of benzene rings is 2. The zero-order valence-corrected chi connectivity index (χ0v) is 25.8. The van der Waals surface area contributed by atoms with Crippen LogP contribution < -0.4 is 11.0 Å². The summed E-state index contributed by atoms with van der Waals surface area (Å²) in [6.45, 7) is 6.69. The highest BCUT2D eigenvalue weighted by molar-refractivity contribution is 6.46. The molecule has 1 amide bonds. The van der Waals surface area contributed by atoms with Gasteiger partial charge in [-0.15, -0.1) is 10.2 Å². The standard InChI is InChI=1S/C15H12ClN5O3.C14H11N5O4/c1-8-11(7-17)9(2)20(3)15(22)14(8)19-18-12-5-4-10(16)6-13(12)21(23)24;1-8-9(7-15)13(20)18(2)14(21)12(8)17-16-10-5-3-4-6-11(10)19(22)23/h4-6,18H,2H2,1,3H3;3-6,20H,1-2H3. The summed E-state index contributed by atoms with van der Waals surface area (Å²) in [7, 11) is 2.75. The van der Waals surface area contributed by atoms with Gasteiger partial charge in [-0.05, 0) is 32.0 Å². The van der Waals surface area contributed by atoms with E-state index in [0.717, 1.165) is 4.57 Å². The Hall–Kier alpha value is -6.72. The molecule has 1 aliphatic rings. The second-order valence-electron chi connectivity index (χ2n) is 9.51. The lowest BCUT2D eigenvalue weighted by Gasteiger charge is -2.26. The molecule has 0 unspecified atom stereocenters. The molecule has 18 heteroatoms. The molecule has 0 radical (unpaired) electrons. The second-order valence-corrected chi connectivity index (χ2v) is 9.94. The predicted molar refractivity (Wildman–Crippen MR) is 169 cm³/mol. The lowest BCUT2D eigenvalue weighted by atomic mass is 9.98. The Morgan fingerprint density at radius 3 is 2.23 bits per heavy atom. The number of aromatic nitrogens is 1. The number of aromatic hydroxyl groups is 1. The van der Waals surface area contributed by atoms with Gasteiger partial charge in [-0.25, -0.2) is 0 Å². The molecule has 0 atom stereocenters. The fraction of sp³-hybridized carbons (Fsp3) is 0.138. The molecule has 0 bridgehead atoms. The lowest BCUT2D eigenvalue weighted by molar-refractivity contribution is -0.384. The summed E-state index contributed by atoms with van der Waals surface area (Å²) in [4.78, 5) is 46.4. The van der Waals surface area contributed by atoms with Gasteiger partial charge in [0.2, 0.25) is 5.88 Å². The van der Waals surface area contributed by atoms with Gasteiger partial charge in [0.05, 0.1) is 21.1 Å². The van der Waals surface area contributed by atoms with Crippen LogP contribution in [-0.4, -0.2) is 43.1 Å². The van der Waals surface area contributed by atoms with Crippen LogP contribution in [0.3, 0.4) is 0 Å². The molecule has 2 aromatic carbocycles. The number of nitriles is 2. The third-order valence-corrected chi connectivity index (χ3v) is 6.95. The van der Waals surface area contributed by atoms with E-state index in [2.05, 4.69) is 27.3 Å². The van der Waals surface area contributed by atoms with Crippen molar-refractivity contribution >= 4 is 51.7 Å². The minimum Gasteiger partial charge on any atom is -0.493 e. The Labute approximate surface area is 270 Å². The highest BCUT2D eigenvalue weighted by Crippen LogP contribution is 2.31. The summed E-state index contributed by atoms with van der Waals surface area (Å²) in [6, 6.07) is 13.4. The Kier molecular flexibility index (Phi) is 10.6. The maximum Gasteiger partial charge on any atom is 0.296 e. The Morgan fingerprint density at radius 1 is 1.00 bits per heavy atom. The summed E-state index contributed by atoms with van der Waals surface area (Å²) in [5, 5.41) is 61.7. The van der Waals surface area contributed by atoms with Crippen molar-refractivity contribution in [2.45, 2.75) is 13.8 Å². The Balaban J connectivity index is 0.000000256. The van der Waals surface area contributed by atoms with Gasteiger partial charge in [-0.3, -0.25) is 39.8 Å². The van der Waals surface area contributed by atoms with Crippen molar-refractivity contribution < 1.29 is 19.7 Å². The van der Waals surface area contributed by atoms with Gasteiger partial charge in [-0.1, -0.05) is 30.3 Å². The monoisotopic (exact) mass is 658 g/mol. The van der Waals surface area contributed by atoms with Crippen LogP contribution in [0.4, 0.5) is 28.4 Å². The van der Waals surface area contributed by atoms with Crippen molar-refractivity contribution in [3.63, 3.8) is 0 Å². The van der Waals surface area contributed by atoms with E-state index in [1.807, 2.05) is 6.07 Å². The number of hydrogen-bond donors (Lipinski definition) is 2. The van der Waals surface area contributed by atoms with Gasteiger partial charge < -0.3 is 10.0 Å². The maximum atomic E-state index is 12.3. The molecule has 4 rings (SSSR count). The van der Waals surface area contributed by atoms with Crippen LogP contribution in [0.5, 0.6) is 5.88 Å². The second kappa shape index (κ2) is 14.4. The number of halogens is 1. The molecule has 0 aliphatic carbocycles. The molecule has 0 fully saturated rings. The summed E-state index contributed by atoms with van der Waals surface area (Å²) < 4.78 is 0.860. The van der Waals surface area contributed by atoms with E-state index in [1.54, 1.807) is 19.1 Å². The first-order valence-electron chi connectivity index (χ1n) is 13.0. The van der Waals surface area contributed by atoms with Crippen LogP contribution >= 0.6 is 11.6 Å². The highest BCUT2D eigenvalue weighted by Gasteiger charge is 2.31. The van der Waals surface area contributed by atoms with Crippen LogP contribution in [0.25, 0.3) is 0 Å². The smallest absolute Gasteiger partial charge is 0.296 e. The molecular weight excluding hydrogens is 636 g/mol. The molecular formula is C29H23ClN10O7. The molecule has 2 heterocycles. The van der Waals surface area contributed by atoms with E-state index in [-0.39, 0.29) is 61.6 Å². The van der Waals surface area contributed by atoms with Gasteiger partial charge in [-0.2, -0.15) is 15.6 Å². The number of nitrogens with zero attached hydrogens (tertiary/aromatic N) is 9. The quantitative estimate of drug-likeness (QED) is 0.193. The molecule has 0 spiro atoms. The van der Waals surface area contributed by atoms with Crippen molar-refractivity contribution in [1.29, 1.82) is 10.5 Å². The summed E-state index contributed by atoms with van der Waals surface area (Å²) in [6.07, 6.45) is 0. The number of nitro groups is 2. The SMILES string of the molecule is C=C1C(C#N)=C(C)C(=NNc2ccc(Cl)cc2[N+](=O)[O-])C(=O)N1C.Cc1c(C#N)c(O)n(C)c(=O)c1N=Nc1ccccc1[N+](=O)[O-]. The first-order chi connectivity index (χ1) is 22.2. The van der Waals surface area contributed by atoms with E-state index in [9.17, 15) is 40.2 Å². The van der Waals surface area contributed by atoms with Gasteiger partial charge in [0.1, 0.15) is 23.4 Å². The predicted octanol–water partition coefficient (Wildman–Crippen LogP) is 5.44. The van der Waals surface area contributed by atoms with E-state index in [0.29, 0.717) is 5.57 Å². The van der Waals surface area contributed by atoms with E-state index < -0.39 is 27.2 Å². The number of rotatable bonds is 6. The van der Waals surface area contributed by atoms with Crippen LogP contribution in [-0.2, 0) is 11.8 Å². The molecule has 0 saturated heterocycles. The first kappa shape index (κ1) is 34.8. The molecule has 238 valence electrons. The number of hydrogen-bond acceptors (Lipinski definition) is 13. The van der Waals surface area contributed by atoms with Gasteiger partial charge in [0.25, 0.3) is 22.8 Å². The number of para-hydroxylation sites is 1.